The van der Waals surface area contributed by atoms with E-state index in [-0.39, 0.29) is 5.78 Å². The maximum atomic E-state index is 12.8. The van der Waals surface area contributed by atoms with Crippen LogP contribution in [0.4, 0.5) is 0 Å². The third-order valence-corrected chi connectivity index (χ3v) is 5.74. The highest BCUT2D eigenvalue weighted by molar-refractivity contribution is 6.00. The van der Waals surface area contributed by atoms with E-state index in [0.717, 1.165) is 38.0 Å². The molecule has 29 heavy (non-hydrogen) atoms. The van der Waals surface area contributed by atoms with Crippen LogP contribution in [0.15, 0.2) is 54.6 Å². The first kappa shape index (κ1) is 19.4. The van der Waals surface area contributed by atoms with Crippen molar-refractivity contribution in [3.05, 3.63) is 71.3 Å². The van der Waals surface area contributed by atoms with Gasteiger partial charge in [-0.05, 0) is 29.3 Å². The van der Waals surface area contributed by atoms with E-state index < -0.39 is 11.6 Å². The van der Waals surface area contributed by atoms with Gasteiger partial charge in [0.15, 0.2) is 5.78 Å². The number of piperidine rings is 1. The molecule has 0 N–H and O–H groups in total. The molecule has 0 saturated carbocycles. The van der Waals surface area contributed by atoms with Crippen molar-refractivity contribution in [2.75, 3.05) is 20.2 Å². The molecule has 0 amide bonds. The van der Waals surface area contributed by atoms with Gasteiger partial charge in [-0.15, -0.1) is 0 Å². The topological polar surface area (TPSA) is 55.8 Å². The standard InChI is InChI=1S/C24H25NO4/c1-28-23(27)10-8-18-7-9-20-21(26)16-24(29-22(20)15-18)11-13-25(14-12-24)17-19-5-3-2-4-6-19/h2-10,15H,11-14,16-17H2,1H3/b10-8+. The van der Waals surface area contributed by atoms with Crippen molar-refractivity contribution in [1.29, 1.82) is 0 Å². The van der Waals surface area contributed by atoms with Crippen molar-refractivity contribution in [2.45, 2.75) is 31.4 Å². The van der Waals surface area contributed by atoms with Crippen LogP contribution >= 0.6 is 0 Å². The summed E-state index contributed by atoms with van der Waals surface area (Å²) in [4.78, 5) is 26.5. The lowest BCUT2D eigenvalue weighted by Crippen LogP contribution is -2.50. The molecule has 1 saturated heterocycles. The summed E-state index contributed by atoms with van der Waals surface area (Å²) in [6.45, 7) is 2.73. The minimum atomic E-state index is -0.429. The molecule has 0 radical (unpaired) electrons. The van der Waals surface area contributed by atoms with Crippen LogP contribution in [0.1, 0.15) is 40.7 Å². The maximum Gasteiger partial charge on any atom is 0.330 e. The predicted octanol–water partition coefficient (Wildman–Crippen LogP) is 3.87. The number of nitrogens with zero attached hydrogens (tertiary/aromatic N) is 1. The number of carbonyl (C=O) groups excluding carboxylic acids is 2. The van der Waals surface area contributed by atoms with Crippen LogP contribution in [0.5, 0.6) is 5.75 Å². The zero-order chi connectivity index (χ0) is 20.3. The summed E-state index contributed by atoms with van der Waals surface area (Å²) < 4.78 is 11.0. The van der Waals surface area contributed by atoms with Crippen LogP contribution < -0.4 is 4.74 Å². The van der Waals surface area contributed by atoms with Gasteiger partial charge >= 0.3 is 5.97 Å². The molecule has 2 aliphatic rings. The highest BCUT2D eigenvalue weighted by atomic mass is 16.5. The third kappa shape index (κ3) is 4.40. The normalized spacial score (nSPS) is 18.4. The van der Waals surface area contributed by atoms with Crippen LogP contribution in [0.25, 0.3) is 6.08 Å². The summed E-state index contributed by atoms with van der Waals surface area (Å²) in [6.07, 6.45) is 5.12. The molecule has 5 nitrogen and oxygen atoms in total. The van der Waals surface area contributed by atoms with Gasteiger partial charge in [-0.1, -0.05) is 36.4 Å². The average molecular weight is 391 g/mol. The Morgan fingerprint density at radius 3 is 2.66 bits per heavy atom. The SMILES string of the molecule is COC(=O)/C=C/c1ccc2c(c1)OC1(CCN(Cc3ccccc3)CC1)CC2=O. The Bertz CT molecular complexity index is 927. The first-order valence-electron chi connectivity index (χ1n) is 9.95. The van der Waals surface area contributed by atoms with Gasteiger partial charge in [0.25, 0.3) is 0 Å². The summed E-state index contributed by atoms with van der Waals surface area (Å²) in [5.74, 6) is 0.331. The number of benzene rings is 2. The number of fused-ring (bicyclic) bond motifs is 1. The number of hydrogen-bond acceptors (Lipinski definition) is 5. The van der Waals surface area contributed by atoms with Crippen LogP contribution in [0.3, 0.4) is 0 Å². The summed E-state index contributed by atoms with van der Waals surface area (Å²) >= 11 is 0. The van der Waals surface area contributed by atoms with E-state index in [0.29, 0.717) is 17.7 Å². The Morgan fingerprint density at radius 2 is 1.93 bits per heavy atom. The third-order valence-electron chi connectivity index (χ3n) is 5.74. The van der Waals surface area contributed by atoms with Gasteiger partial charge in [0.1, 0.15) is 11.4 Å². The molecule has 4 rings (SSSR count). The molecule has 0 aliphatic carbocycles. The lowest BCUT2D eigenvalue weighted by Gasteiger charge is -2.44. The number of likely N-dealkylation sites (tertiary alicyclic amines) is 1. The second-order valence-corrected chi connectivity index (χ2v) is 7.76. The van der Waals surface area contributed by atoms with Gasteiger partial charge in [0.2, 0.25) is 0 Å². The van der Waals surface area contributed by atoms with Crippen LogP contribution in [0.2, 0.25) is 0 Å². The predicted molar refractivity (Wildman–Crippen MR) is 111 cm³/mol. The molecule has 1 spiro atoms. The molecule has 2 aliphatic heterocycles. The number of esters is 1. The number of ether oxygens (including phenoxy) is 2. The Balaban J connectivity index is 1.46. The van der Waals surface area contributed by atoms with E-state index >= 15 is 0 Å². The van der Waals surface area contributed by atoms with Crippen LogP contribution in [-0.4, -0.2) is 42.5 Å². The molecule has 2 heterocycles. The van der Waals surface area contributed by atoms with E-state index in [2.05, 4.69) is 33.9 Å². The highest BCUT2D eigenvalue weighted by Gasteiger charge is 2.42. The Kier molecular flexibility index (Phi) is 5.49. The molecule has 150 valence electrons. The fraction of sp³-hybridized carbons (Fsp3) is 0.333. The highest BCUT2D eigenvalue weighted by Crippen LogP contribution is 2.40. The Labute approximate surface area is 170 Å². The summed E-state index contributed by atoms with van der Waals surface area (Å²) in [5, 5.41) is 0. The first-order chi connectivity index (χ1) is 14.1. The van der Waals surface area contributed by atoms with Crippen LogP contribution in [-0.2, 0) is 16.1 Å². The average Bonchev–Trinajstić information content (AvgIpc) is 2.74. The maximum absolute atomic E-state index is 12.8. The van der Waals surface area contributed by atoms with Gasteiger partial charge < -0.3 is 9.47 Å². The lowest BCUT2D eigenvalue weighted by atomic mass is 9.82. The zero-order valence-corrected chi connectivity index (χ0v) is 16.6. The number of ketones is 1. The summed E-state index contributed by atoms with van der Waals surface area (Å²) in [7, 11) is 1.34. The van der Waals surface area contributed by atoms with Gasteiger partial charge in [-0.3, -0.25) is 9.69 Å². The number of rotatable bonds is 4. The van der Waals surface area contributed by atoms with Gasteiger partial charge in [-0.25, -0.2) is 4.79 Å². The molecule has 0 aromatic heterocycles. The Morgan fingerprint density at radius 1 is 1.17 bits per heavy atom. The monoisotopic (exact) mass is 391 g/mol. The second-order valence-electron chi connectivity index (χ2n) is 7.76. The lowest BCUT2D eigenvalue weighted by molar-refractivity contribution is -0.134. The number of methoxy groups -OCH3 is 1. The first-order valence-corrected chi connectivity index (χ1v) is 9.95. The fourth-order valence-electron chi connectivity index (χ4n) is 4.09. The zero-order valence-electron chi connectivity index (χ0n) is 16.6. The Hall–Kier alpha value is -2.92. The minimum absolute atomic E-state index is 0.131. The van der Waals surface area contributed by atoms with Crippen molar-refractivity contribution in [3.63, 3.8) is 0 Å². The molecule has 0 atom stereocenters. The van der Waals surface area contributed by atoms with Crippen molar-refractivity contribution >= 4 is 17.8 Å². The van der Waals surface area contributed by atoms with E-state index in [9.17, 15) is 9.59 Å². The molecule has 0 unspecified atom stereocenters. The number of hydrogen-bond donors (Lipinski definition) is 0. The molecular weight excluding hydrogens is 366 g/mol. The molecule has 2 aromatic carbocycles. The number of carbonyl (C=O) groups is 2. The minimum Gasteiger partial charge on any atom is -0.486 e. The fourth-order valence-corrected chi connectivity index (χ4v) is 4.09. The van der Waals surface area contributed by atoms with Crippen molar-refractivity contribution in [1.82, 2.24) is 4.90 Å². The van der Waals surface area contributed by atoms with Crippen molar-refractivity contribution < 1.29 is 19.1 Å². The van der Waals surface area contributed by atoms with Crippen LogP contribution in [0, 0.1) is 0 Å². The van der Waals surface area contributed by atoms with Gasteiger partial charge in [0, 0.05) is 38.6 Å². The van der Waals surface area contributed by atoms with E-state index in [1.165, 1.54) is 18.7 Å². The van der Waals surface area contributed by atoms with Crippen molar-refractivity contribution in [2.24, 2.45) is 0 Å². The van der Waals surface area contributed by atoms with E-state index in [1.807, 2.05) is 18.2 Å². The van der Waals surface area contributed by atoms with Gasteiger partial charge in [0.05, 0.1) is 19.1 Å². The van der Waals surface area contributed by atoms with E-state index in [4.69, 9.17) is 4.74 Å². The largest absolute Gasteiger partial charge is 0.486 e. The van der Waals surface area contributed by atoms with Crippen molar-refractivity contribution in [3.8, 4) is 5.75 Å². The quantitative estimate of drug-likeness (QED) is 0.585. The summed E-state index contributed by atoms with van der Waals surface area (Å²) in [6, 6.07) is 15.9. The number of Topliss-reactive ketones (excluding diaryl/α,β-unsaturated/α-hetero) is 1. The molecule has 5 heteroatoms. The molecule has 2 aromatic rings. The molecule has 1 fully saturated rings. The van der Waals surface area contributed by atoms with Gasteiger partial charge in [-0.2, -0.15) is 0 Å². The summed E-state index contributed by atoms with van der Waals surface area (Å²) in [5.41, 5.74) is 2.30. The second kappa shape index (κ2) is 8.21. The molecular formula is C24H25NO4. The molecule has 0 bridgehead atoms. The van der Waals surface area contributed by atoms with E-state index in [1.54, 1.807) is 12.1 Å². The smallest absolute Gasteiger partial charge is 0.330 e.